The molecule has 5 rings (SSSR count). The number of hydrogen-bond acceptors (Lipinski definition) is 4. The van der Waals surface area contributed by atoms with E-state index in [1.807, 2.05) is 17.5 Å². The molecule has 0 saturated carbocycles. The van der Waals surface area contributed by atoms with Crippen LogP contribution < -0.4 is 5.32 Å². The lowest BCUT2D eigenvalue weighted by atomic mass is 10.0. The van der Waals surface area contributed by atoms with Gasteiger partial charge < -0.3 is 15.2 Å². The first-order chi connectivity index (χ1) is 14.6. The summed E-state index contributed by atoms with van der Waals surface area (Å²) in [5, 5.41) is 7.15. The minimum atomic E-state index is -0.245. The number of aromatic nitrogens is 1. The molecule has 0 unspecified atom stereocenters. The number of amidine groups is 1. The van der Waals surface area contributed by atoms with Crippen molar-refractivity contribution in [2.45, 2.75) is 19.9 Å². The number of amides is 1. The van der Waals surface area contributed by atoms with Crippen molar-refractivity contribution >= 4 is 33.7 Å². The van der Waals surface area contributed by atoms with Crippen LogP contribution in [0.3, 0.4) is 0 Å². The van der Waals surface area contributed by atoms with Gasteiger partial charge in [0.25, 0.3) is 0 Å². The molecule has 0 radical (unpaired) electrons. The molecular formula is C23H21FN4OS. The van der Waals surface area contributed by atoms with Crippen molar-refractivity contribution in [1.29, 1.82) is 0 Å². The van der Waals surface area contributed by atoms with E-state index in [0.717, 1.165) is 57.2 Å². The Bertz CT molecular complexity index is 1200. The largest absolute Gasteiger partial charge is 0.354 e. The SMILES string of the molecule is Cc1c(-c2ccc(F)cc2)[nH]c2ccc(CNC(=O)CC3=CSC4=NCCN34)cc12. The number of carbonyl (C=O) groups is 1. The van der Waals surface area contributed by atoms with Crippen LogP contribution in [0.25, 0.3) is 22.2 Å². The molecule has 0 fully saturated rings. The van der Waals surface area contributed by atoms with Crippen LogP contribution in [-0.2, 0) is 11.3 Å². The van der Waals surface area contributed by atoms with Gasteiger partial charge in [0, 0.05) is 35.4 Å². The quantitative estimate of drug-likeness (QED) is 0.637. The molecule has 2 N–H and O–H groups in total. The standard InChI is InChI=1S/C23H21FN4OS/c1-14-19-10-15(2-7-20(19)27-22(14)16-3-5-17(24)6-4-16)12-26-21(29)11-18-13-30-23-25-8-9-28(18)23/h2-7,10,13,27H,8-9,11-12H2,1H3,(H,26,29). The van der Waals surface area contributed by atoms with Gasteiger partial charge >= 0.3 is 0 Å². The zero-order chi connectivity index (χ0) is 20.7. The number of nitrogens with zero attached hydrogens (tertiary/aromatic N) is 2. The lowest BCUT2D eigenvalue weighted by molar-refractivity contribution is -0.120. The summed E-state index contributed by atoms with van der Waals surface area (Å²) in [7, 11) is 0. The molecule has 0 spiro atoms. The molecule has 0 saturated heterocycles. The summed E-state index contributed by atoms with van der Waals surface area (Å²) in [6, 6.07) is 12.6. The van der Waals surface area contributed by atoms with Crippen molar-refractivity contribution in [3.63, 3.8) is 0 Å². The highest BCUT2D eigenvalue weighted by molar-refractivity contribution is 8.16. The average molecular weight is 421 g/mol. The zero-order valence-corrected chi connectivity index (χ0v) is 17.4. The van der Waals surface area contributed by atoms with E-state index in [4.69, 9.17) is 0 Å². The van der Waals surface area contributed by atoms with Gasteiger partial charge in [-0.05, 0) is 65.4 Å². The topological polar surface area (TPSA) is 60.5 Å². The van der Waals surface area contributed by atoms with E-state index in [-0.39, 0.29) is 11.7 Å². The maximum absolute atomic E-state index is 13.2. The molecule has 30 heavy (non-hydrogen) atoms. The molecule has 2 aliphatic rings. The van der Waals surface area contributed by atoms with Gasteiger partial charge in [0.05, 0.1) is 13.0 Å². The minimum Gasteiger partial charge on any atom is -0.354 e. The van der Waals surface area contributed by atoms with E-state index < -0.39 is 0 Å². The van der Waals surface area contributed by atoms with E-state index in [1.165, 1.54) is 12.1 Å². The number of hydrogen-bond donors (Lipinski definition) is 2. The van der Waals surface area contributed by atoms with E-state index >= 15 is 0 Å². The lowest BCUT2D eigenvalue weighted by Crippen LogP contribution is -2.28. The molecule has 0 aliphatic carbocycles. The molecular weight excluding hydrogens is 399 g/mol. The van der Waals surface area contributed by atoms with Gasteiger partial charge in [-0.25, -0.2) is 4.39 Å². The molecule has 0 bridgehead atoms. The van der Waals surface area contributed by atoms with Gasteiger partial charge in [-0.2, -0.15) is 0 Å². The Hall–Kier alpha value is -3.06. The number of aryl methyl sites for hydroxylation is 1. The lowest BCUT2D eigenvalue weighted by Gasteiger charge is -2.16. The normalized spacial score (nSPS) is 15.3. The maximum atomic E-state index is 13.2. The predicted octanol–water partition coefficient (Wildman–Crippen LogP) is 4.55. The number of benzene rings is 2. The highest BCUT2D eigenvalue weighted by atomic mass is 32.2. The second-order valence-corrected chi connectivity index (χ2v) is 8.34. The second kappa shape index (κ2) is 7.65. The summed E-state index contributed by atoms with van der Waals surface area (Å²) >= 11 is 1.59. The van der Waals surface area contributed by atoms with Gasteiger partial charge in [-0.3, -0.25) is 9.79 Å². The Morgan fingerprint density at radius 1 is 1.27 bits per heavy atom. The Kier molecular flexibility index (Phi) is 4.83. The summed E-state index contributed by atoms with van der Waals surface area (Å²) in [5.41, 5.74) is 6.14. The molecule has 3 heterocycles. The molecule has 5 nitrogen and oxygen atoms in total. The fourth-order valence-corrected chi connectivity index (χ4v) is 4.89. The van der Waals surface area contributed by atoms with Crippen molar-refractivity contribution < 1.29 is 9.18 Å². The molecule has 2 aromatic carbocycles. The minimum absolute atomic E-state index is 0.00730. The third-order valence-electron chi connectivity index (χ3n) is 5.54. The highest BCUT2D eigenvalue weighted by Gasteiger charge is 2.27. The van der Waals surface area contributed by atoms with E-state index in [2.05, 4.69) is 33.2 Å². The summed E-state index contributed by atoms with van der Waals surface area (Å²) < 4.78 is 13.2. The number of rotatable bonds is 5. The van der Waals surface area contributed by atoms with E-state index in [9.17, 15) is 9.18 Å². The van der Waals surface area contributed by atoms with Gasteiger partial charge in [0.15, 0.2) is 5.17 Å². The number of H-pyrrole nitrogens is 1. The molecule has 152 valence electrons. The van der Waals surface area contributed by atoms with Crippen LogP contribution >= 0.6 is 11.8 Å². The Balaban J connectivity index is 1.28. The van der Waals surface area contributed by atoms with Gasteiger partial charge in [-0.15, -0.1) is 0 Å². The van der Waals surface area contributed by atoms with Crippen molar-refractivity contribution in [1.82, 2.24) is 15.2 Å². The number of aliphatic imine (C=N–C) groups is 1. The van der Waals surface area contributed by atoms with Crippen molar-refractivity contribution in [2.75, 3.05) is 13.1 Å². The third kappa shape index (κ3) is 3.50. The maximum Gasteiger partial charge on any atom is 0.226 e. The van der Waals surface area contributed by atoms with Crippen molar-refractivity contribution in [3.8, 4) is 11.3 Å². The van der Waals surface area contributed by atoms with Crippen LogP contribution in [-0.4, -0.2) is 34.0 Å². The van der Waals surface area contributed by atoms with Crippen LogP contribution in [0, 0.1) is 12.7 Å². The first-order valence-corrected chi connectivity index (χ1v) is 10.8. The highest BCUT2D eigenvalue weighted by Crippen LogP contribution is 2.31. The van der Waals surface area contributed by atoms with Gasteiger partial charge in [0.1, 0.15) is 5.82 Å². The average Bonchev–Trinajstić information content (AvgIpc) is 3.44. The number of fused-ring (bicyclic) bond motifs is 2. The molecule has 1 aromatic heterocycles. The number of carbonyl (C=O) groups excluding carboxylic acids is 1. The van der Waals surface area contributed by atoms with Crippen LogP contribution in [0.1, 0.15) is 17.5 Å². The third-order valence-corrected chi connectivity index (χ3v) is 6.49. The van der Waals surface area contributed by atoms with Crippen LogP contribution in [0.15, 0.2) is 58.6 Å². The number of nitrogens with one attached hydrogen (secondary N) is 2. The molecule has 3 aromatic rings. The molecule has 7 heteroatoms. The van der Waals surface area contributed by atoms with Crippen molar-refractivity contribution in [2.24, 2.45) is 4.99 Å². The van der Waals surface area contributed by atoms with Crippen LogP contribution in [0.4, 0.5) is 4.39 Å². The van der Waals surface area contributed by atoms with Crippen LogP contribution in [0.2, 0.25) is 0 Å². The summed E-state index contributed by atoms with van der Waals surface area (Å²) in [6.45, 7) is 4.20. The monoisotopic (exact) mass is 420 g/mol. The molecule has 2 aliphatic heterocycles. The zero-order valence-electron chi connectivity index (χ0n) is 16.5. The first kappa shape index (κ1) is 18.9. The fourth-order valence-electron chi connectivity index (χ4n) is 3.93. The smallest absolute Gasteiger partial charge is 0.226 e. The van der Waals surface area contributed by atoms with Gasteiger partial charge in [-0.1, -0.05) is 17.8 Å². The Morgan fingerprint density at radius 3 is 2.93 bits per heavy atom. The van der Waals surface area contributed by atoms with E-state index in [0.29, 0.717) is 13.0 Å². The van der Waals surface area contributed by atoms with Gasteiger partial charge in [0.2, 0.25) is 5.91 Å². The number of halogens is 1. The molecule has 1 amide bonds. The second-order valence-electron chi connectivity index (χ2n) is 7.51. The first-order valence-electron chi connectivity index (χ1n) is 9.90. The van der Waals surface area contributed by atoms with E-state index in [1.54, 1.807) is 23.9 Å². The summed E-state index contributed by atoms with van der Waals surface area (Å²) in [5.74, 6) is -0.237. The van der Waals surface area contributed by atoms with Crippen molar-refractivity contribution in [3.05, 3.63) is 70.5 Å². The Morgan fingerprint density at radius 2 is 2.10 bits per heavy atom. The fraction of sp³-hybridized carbons (Fsp3) is 0.217. The predicted molar refractivity (Wildman–Crippen MR) is 120 cm³/mol. The molecule has 0 atom stereocenters. The Labute approximate surface area is 178 Å². The summed E-state index contributed by atoms with van der Waals surface area (Å²) in [4.78, 5) is 22.4. The van der Waals surface area contributed by atoms with Crippen LogP contribution in [0.5, 0.6) is 0 Å². The number of aromatic amines is 1. The number of thioether (sulfide) groups is 1. The summed E-state index contributed by atoms with van der Waals surface area (Å²) in [6.07, 6.45) is 0.367.